The molecule has 0 saturated carbocycles. The highest BCUT2D eigenvalue weighted by Crippen LogP contribution is 1.49. The van der Waals surface area contributed by atoms with Gasteiger partial charge in [-0.05, 0) is 31.6 Å². The standard InChI is InChI=1S/C3H13N3Si.HN3/c1-4-7(5-2)6-3;1-3-2/h4-7H,1-3H3;1H. The summed E-state index contributed by atoms with van der Waals surface area (Å²) in [6.45, 7) is 0. The second-order valence-electron chi connectivity index (χ2n) is 1.40. The zero-order chi connectivity index (χ0) is 8.41. The van der Waals surface area contributed by atoms with Crippen molar-refractivity contribution in [2.45, 2.75) is 0 Å². The first-order valence-electron chi connectivity index (χ1n) is 2.79. The van der Waals surface area contributed by atoms with E-state index in [1.165, 1.54) is 0 Å². The number of hydrogen-bond acceptors (Lipinski definition) is 4. The van der Waals surface area contributed by atoms with E-state index in [1.807, 2.05) is 21.1 Å². The minimum Gasteiger partial charge on any atom is -0.319 e. The first kappa shape index (κ1) is 12.1. The Bertz CT molecular complexity index is 79.5. The van der Waals surface area contributed by atoms with Gasteiger partial charge >= 0.3 is 0 Å². The smallest absolute Gasteiger partial charge is 0.263 e. The summed E-state index contributed by atoms with van der Waals surface area (Å²) in [5, 5.41) is 0. The Balaban J connectivity index is 0. The highest BCUT2D eigenvalue weighted by atomic mass is 28.3. The van der Waals surface area contributed by atoms with Gasteiger partial charge in [0.15, 0.2) is 0 Å². The zero-order valence-electron chi connectivity index (χ0n) is 6.47. The van der Waals surface area contributed by atoms with Gasteiger partial charge in [0, 0.05) is 0 Å². The molecule has 0 saturated heterocycles. The van der Waals surface area contributed by atoms with E-state index < -0.39 is 9.28 Å². The van der Waals surface area contributed by atoms with E-state index in [2.05, 4.69) is 14.9 Å². The summed E-state index contributed by atoms with van der Waals surface area (Å²) in [6, 6.07) is 0. The summed E-state index contributed by atoms with van der Waals surface area (Å²) in [4.78, 5) is 11.1. The predicted octanol–water partition coefficient (Wildman–Crippen LogP) is -0.763. The highest BCUT2D eigenvalue weighted by molar-refractivity contribution is 6.49. The van der Waals surface area contributed by atoms with Gasteiger partial charge < -0.3 is 14.9 Å². The van der Waals surface area contributed by atoms with Crippen molar-refractivity contribution in [2.75, 3.05) is 21.1 Å². The predicted molar refractivity (Wildman–Crippen MR) is 43.8 cm³/mol. The Morgan fingerprint density at radius 2 is 1.40 bits per heavy atom. The van der Waals surface area contributed by atoms with E-state index in [4.69, 9.17) is 11.1 Å². The molecule has 0 heterocycles. The van der Waals surface area contributed by atoms with Gasteiger partial charge in [-0.1, -0.05) is 0 Å². The van der Waals surface area contributed by atoms with E-state index in [0.717, 1.165) is 0 Å². The zero-order valence-corrected chi connectivity index (χ0v) is 7.63. The first-order chi connectivity index (χ1) is 4.76. The molecule has 0 bridgehead atoms. The molecule has 10 heavy (non-hydrogen) atoms. The number of nitrogens with zero attached hydrogens (tertiary/aromatic N) is 2. The summed E-state index contributed by atoms with van der Waals surface area (Å²) in [5.74, 6) is 0. The van der Waals surface area contributed by atoms with Crippen LogP contribution in [0.2, 0.25) is 0 Å². The van der Waals surface area contributed by atoms with E-state index in [-0.39, 0.29) is 0 Å². The quantitative estimate of drug-likeness (QED) is 0.190. The molecule has 4 N–H and O–H groups in total. The largest absolute Gasteiger partial charge is 0.319 e. The second-order valence-corrected chi connectivity index (χ2v) is 4.00. The van der Waals surface area contributed by atoms with Crippen molar-refractivity contribution in [1.29, 1.82) is 5.53 Å². The lowest BCUT2D eigenvalue weighted by atomic mass is 11.6. The maximum absolute atomic E-state index is 6.86. The van der Waals surface area contributed by atoms with Crippen LogP contribution in [0.4, 0.5) is 0 Å². The van der Waals surface area contributed by atoms with Gasteiger partial charge in [0.2, 0.25) is 0 Å². The van der Waals surface area contributed by atoms with E-state index >= 15 is 0 Å². The molecule has 0 fully saturated rings. The van der Waals surface area contributed by atoms with Crippen molar-refractivity contribution in [3.8, 4) is 0 Å². The normalized spacial score (nSPS) is 8.00. The van der Waals surface area contributed by atoms with Gasteiger partial charge in [0.25, 0.3) is 9.28 Å². The molecule has 0 aliphatic carbocycles. The molecule has 0 aromatic rings. The van der Waals surface area contributed by atoms with Gasteiger partial charge in [-0.3, -0.25) is 0 Å². The Hall–Kier alpha value is -0.593. The van der Waals surface area contributed by atoms with Crippen LogP contribution >= 0.6 is 0 Å². The fourth-order valence-corrected chi connectivity index (χ4v) is 1.30. The van der Waals surface area contributed by atoms with Crippen molar-refractivity contribution in [3.63, 3.8) is 0 Å². The van der Waals surface area contributed by atoms with E-state index in [0.29, 0.717) is 0 Å². The molecular weight excluding hydrogens is 148 g/mol. The van der Waals surface area contributed by atoms with Crippen LogP contribution < -0.4 is 14.9 Å². The molecule has 0 radical (unpaired) electrons. The number of nitrogens with one attached hydrogen (secondary N) is 4. The van der Waals surface area contributed by atoms with Crippen LogP contribution in [-0.2, 0) is 0 Å². The van der Waals surface area contributed by atoms with Gasteiger partial charge in [0.05, 0.1) is 0 Å². The Labute approximate surface area is 62.3 Å². The fourth-order valence-electron chi connectivity index (χ4n) is 0.433. The minimum absolute atomic E-state index is 0.921. The molecule has 0 unspecified atom stereocenters. The molecule has 0 spiro atoms. The van der Waals surface area contributed by atoms with E-state index in [1.54, 1.807) is 4.91 Å². The van der Waals surface area contributed by atoms with Crippen LogP contribution in [0.15, 0.2) is 0 Å². The van der Waals surface area contributed by atoms with Crippen LogP contribution in [0.1, 0.15) is 0 Å². The fraction of sp³-hybridized carbons (Fsp3) is 1.00. The monoisotopic (exact) mass is 162 g/mol. The maximum atomic E-state index is 6.86. The first-order valence-corrected chi connectivity index (χ1v) is 4.52. The van der Waals surface area contributed by atoms with Crippen LogP contribution in [0.25, 0.3) is 10.4 Å². The average molecular weight is 162 g/mol. The van der Waals surface area contributed by atoms with Gasteiger partial charge in [-0.15, -0.1) is 5.53 Å². The summed E-state index contributed by atoms with van der Waals surface area (Å²) in [6.07, 6.45) is 0. The molecule has 0 rings (SSSR count). The van der Waals surface area contributed by atoms with Crippen molar-refractivity contribution < 1.29 is 0 Å². The van der Waals surface area contributed by atoms with Gasteiger partial charge in [0.1, 0.15) is 0 Å². The highest BCUT2D eigenvalue weighted by Gasteiger charge is 1.96. The SMILES string of the molecule is CN[SiH](NC)NC.[N-]=[N+]=N. The molecule has 0 aliphatic heterocycles. The van der Waals surface area contributed by atoms with Crippen molar-refractivity contribution >= 4 is 9.28 Å². The summed E-state index contributed by atoms with van der Waals surface area (Å²) < 4.78 is 0. The molecule has 7 heteroatoms. The summed E-state index contributed by atoms with van der Waals surface area (Å²) in [7, 11) is 4.92. The number of rotatable bonds is 3. The molecular formula is C3H14N6Si. The molecule has 0 amide bonds. The Kier molecular flexibility index (Phi) is 13.6. The summed E-state index contributed by atoms with van der Waals surface area (Å²) >= 11 is 0. The lowest BCUT2D eigenvalue weighted by Crippen LogP contribution is -2.53. The molecule has 60 valence electrons. The molecule has 0 aromatic carbocycles. The van der Waals surface area contributed by atoms with Gasteiger partial charge in [-0.25, -0.2) is 0 Å². The van der Waals surface area contributed by atoms with Crippen LogP contribution in [-0.4, -0.2) is 30.4 Å². The van der Waals surface area contributed by atoms with Gasteiger partial charge in [-0.2, -0.15) is 0 Å². The van der Waals surface area contributed by atoms with Crippen molar-refractivity contribution in [1.82, 2.24) is 14.9 Å². The lowest BCUT2D eigenvalue weighted by Gasteiger charge is -2.08. The third-order valence-electron chi connectivity index (χ3n) is 0.866. The van der Waals surface area contributed by atoms with Crippen LogP contribution in [0, 0.1) is 5.53 Å². The van der Waals surface area contributed by atoms with Crippen LogP contribution in [0.3, 0.4) is 0 Å². The van der Waals surface area contributed by atoms with Crippen molar-refractivity contribution in [2.24, 2.45) is 0 Å². The average Bonchev–Trinajstić information content (AvgIpc) is 1.93. The summed E-state index contributed by atoms with van der Waals surface area (Å²) in [5.41, 5.74) is 12.2. The molecule has 0 aromatic heterocycles. The lowest BCUT2D eigenvalue weighted by molar-refractivity contribution is 0.981. The molecule has 0 atom stereocenters. The Morgan fingerprint density at radius 3 is 1.40 bits per heavy atom. The second kappa shape index (κ2) is 11.2. The molecule has 6 nitrogen and oxygen atoms in total. The third-order valence-corrected chi connectivity index (χ3v) is 2.60. The minimum atomic E-state index is -0.921. The third kappa shape index (κ3) is 10.4. The van der Waals surface area contributed by atoms with Crippen LogP contribution in [0.5, 0.6) is 0 Å². The van der Waals surface area contributed by atoms with E-state index in [9.17, 15) is 0 Å². The molecule has 0 aliphatic rings. The maximum Gasteiger partial charge on any atom is 0.263 e. The number of hydrogen-bond donors (Lipinski definition) is 4. The van der Waals surface area contributed by atoms with Crippen molar-refractivity contribution in [3.05, 3.63) is 10.4 Å². The Morgan fingerprint density at radius 1 is 1.20 bits per heavy atom. The topological polar surface area (TPSA) is 96.3 Å².